The van der Waals surface area contributed by atoms with E-state index in [1.807, 2.05) is 4.90 Å². The van der Waals surface area contributed by atoms with E-state index in [9.17, 15) is 9.90 Å². The quantitative estimate of drug-likeness (QED) is 0.146. The fourth-order valence-corrected chi connectivity index (χ4v) is 15.9. The molecular formula is C45H56F3N7O4Si. The molecule has 320 valence electrons. The van der Waals surface area contributed by atoms with Gasteiger partial charge in [-0.2, -0.15) is 9.97 Å². The van der Waals surface area contributed by atoms with E-state index in [4.69, 9.17) is 19.4 Å². The maximum atomic E-state index is 17.6. The molecule has 3 saturated heterocycles. The molecule has 2 spiro atoms. The van der Waals surface area contributed by atoms with E-state index >= 15 is 13.2 Å². The summed E-state index contributed by atoms with van der Waals surface area (Å²) in [5, 5.41) is 18.9. The molecule has 0 radical (unpaired) electrons. The number of hydrogen-bond donors (Lipinski definition) is 3. The van der Waals surface area contributed by atoms with Gasteiger partial charge in [0.05, 0.1) is 35.2 Å². The fraction of sp³-hybridized carbons (Fsp3) is 0.556. The third kappa shape index (κ3) is 7.47. The highest BCUT2D eigenvalue weighted by atomic mass is 28.3. The number of nitrogens with one attached hydrogen (secondary N) is 2. The fourth-order valence-electron chi connectivity index (χ4n) is 10.7. The molecule has 6 heterocycles. The van der Waals surface area contributed by atoms with Crippen molar-refractivity contribution in [1.29, 1.82) is 0 Å². The summed E-state index contributed by atoms with van der Waals surface area (Å²) in [6.07, 6.45) is 2.38. The number of fused-ring (bicyclic) bond motifs is 8. The summed E-state index contributed by atoms with van der Waals surface area (Å²) < 4.78 is 61.2. The molecule has 0 saturated carbocycles. The topological polar surface area (TPSA) is 125 Å². The van der Waals surface area contributed by atoms with Gasteiger partial charge in [-0.25, -0.2) is 13.2 Å². The number of hydrogen-bond acceptors (Lipinski definition) is 10. The van der Waals surface area contributed by atoms with Gasteiger partial charge in [-0.1, -0.05) is 53.5 Å². The van der Waals surface area contributed by atoms with Gasteiger partial charge in [-0.3, -0.25) is 14.7 Å². The number of carbonyl (C=O) groups is 1. The number of nitrogens with zero attached hydrogens (tertiary/aromatic N) is 5. The van der Waals surface area contributed by atoms with Crippen LogP contribution in [0.3, 0.4) is 0 Å². The lowest BCUT2D eigenvalue weighted by molar-refractivity contribution is -0.123. The number of ether oxygens (including phenoxy) is 2. The van der Waals surface area contributed by atoms with Crippen molar-refractivity contribution in [3.8, 4) is 34.5 Å². The van der Waals surface area contributed by atoms with Crippen molar-refractivity contribution in [2.45, 2.75) is 107 Å². The molecule has 5 bridgehead atoms. The van der Waals surface area contributed by atoms with Crippen molar-refractivity contribution in [3.05, 3.63) is 47.7 Å². The van der Waals surface area contributed by atoms with Crippen LogP contribution >= 0.6 is 0 Å². The van der Waals surface area contributed by atoms with E-state index in [-0.39, 0.29) is 85.2 Å². The first-order chi connectivity index (χ1) is 28.5. The highest BCUT2D eigenvalue weighted by Crippen LogP contribution is 2.43. The van der Waals surface area contributed by atoms with Gasteiger partial charge >= 0.3 is 6.01 Å². The van der Waals surface area contributed by atoms with Gasteiger partial charge in [-0.05, 0) is 60.1 Å². The Morgan fingerprint density at radius 2 is 1.82 bits per heavy atom. The first kappa shape index (κ1) is 42.2. The Morgan fingerprint density at radius 3 is 2.53 bits per heavy atom. The molecule has 60 heavy (non-hydrogen) atoms. The number of alkyl halides is 1. The number of phenols is 1. The van der Waals surface area contributed by atoms with Crippen LogP contribution in [0.5, 0.6) is 11.8 Å². The molecule has 4 aliphatic heterocycles. The number of anilines is 1. The lowest BCUT2D eigenvalue weighted by Gasteiger charge is -2.42. The molecule has 4 aromatic rings. The summed E-state index contributed by atoms with van der Waals surface area (Å²) in [5.41, 5.74) is 3.22. The maximum absolute atomic E-state index is 17.6. The van der Waals surface area contributed by atoms with Crippen LogP contribution in [0.2, 0.25) is 16.6 Å². The zero-order valence-electron chi connectivity index (χ0n) is 35.6. The number of likely N-dealkylation sites (tertiary alicyclic amines) is 1. The van der Waals surface area contributed by atoms with Gasteiger partial charge in [0.25, 0.3) is 0 Å². The smallest absolute Gasteiger partial charge is 0.319 e. The van der Waals surface area contributed by atoms with Crippen molar-refractivity contribution < 1.29 is 32.5 Å². The number of carbonyl (C=O) groups excluding carboxylic acids is 1. The Bertz CT molecular complexity index is 2370. The second-order valence-electron chi connectivity index (χ2n) is 18.5. The number of rotatable bonds is 4. The van der Waals surface area contributed by atoms with Gasteiger partial charge in [0.1, 0.15) is 49.4 Å². The Balaban J connectivity index is 1.31. The first-order valence-electron chi connectivity index (χ1n) is 21.2. The minimum absolute atomic E-state index is 0.0748. The number of phenolic OH excluding ortho intramolecular Hbond substituents is 1. The van der Waals surface area contributed by atoms with Gasteiger partial charge in [0, 0.05) is 62.2 Å². The third-order valence-corrected chi connectivity index (χ3v) is 20.0. The molecule has 2 aromatic carbocycles. The molecule has 3 unspecified atom stereocenters. The number of aromatic hydroxyl groups is 1. The summed E-state index contributed by atoms with van der Waals surface area (Å²) in [5.74, 6) is 1.99. The Labute approximate surface area is 350 Å². The number of likely N-dealkylation sites (N-methyl/N-ethyl adjacent to an activating group) is 1. The highest BCUT2D eigenvalue weighted by molar-refractivity contribution is 6.90. The number of benzene rings is 2. The van der Waals surface area contributed by atoms with Crippen LogP contribution in [0.1, 0.15) is 72.8 Å². The van der Waals surface area contributed by atoms with Gasteiger partial charge < -0.3 is 30.1 Å². The maximum Gasteiger partial charge on any atom is 0.319 e. The van der Waals surface area contributed by atoms with E-state index < -0.39 is 37.0 Å². The summed E-state index contributed by atoms with van der Waals surface area (Å²) in [7, 11) is -0.533. The molecule has 1 amide bonds. The largest absolute Gasteiger partial charge is 0.508 e. The van der Waals surface area contributed by atoms with Gasteiger partial charge in [-0.15, -0.1) is 5.54 Å². The SMILES string of the molecule is CC(C)[Si](C#Cc1c(F)ccc2cc(O)cc(-c3ncc4c5nc(nc4c3F)OCC3(CNC(=O)CCOCC46CCC(CN5C4)N6)C[C@@H](F)CN3C)c12)(C(C)C)C(C)C. The molecule has 15 heteroatoms. The predicted octanol–water partition coefficient (Wildman–Crippen LogP) is 7.04. The summed E-state index contributed by atoms with van der Waals surface area (Å²) in [6.45, 7) is 14.9. The van der Waals surface area contributed by atoms with Crippen LogP contribution in [-0.2, 0) is 9.53 Å². The van der Waals surface area contributed by atoms with Gasteiger partial charge in [0.15, 0.2) is 5.82 Å². The number of pyridine rings is 1. The molecule has 8 rings (SSSR count). The number of piperazine rings is 1. The van der Waals surface area contributed by atoms with Crippen molar-refractivity contribution in [2.24, 2.45) is 0 Å². The average Bonchev–Trinajstić information content (AvgIpc) is 3.66. The van der Waals surface area contributed by atoms with E-state index in [2.05, 4.69) is 73.5 Å². The van der Waals surface area contributed by atoms with Crippen LogP contribution in [0.15, 0.2) is 30.5 Å². The average molecular weight is 844 g/mol. The van der Waals surface area contributed by atoms with Gasteiger partial charge in [0.2, 0.25) is 5.91 Å². The third-order valence-electron chi connectivity index (χ3n) is 13.8. The zero-order valence-corrected chi connectivity index (χ0v) is 36.6. The highest BCUT2D eigenvalue weighted by Gasteiger charge is 2.48. The lowest BCUT2D eigenvalue weighted by atomic mass is 9.95. The van der Waals surface area contributed by atoms with Crippen LogP contribution in [0, 0.1) is 23.1 Å². The van der Waals surface area contributed by atoms with E-state index in [0.717, 1.165) is 12.8 Å². The number of amides is 1. The normalized spacial score (nSPS) is 25.4. The summed E-state index contributed by atoms with van der Waals surface area (Å²) in [6, 6.07) is 5.78. The number of halogens is 3. The van der Waals surface area contributed by atoms with E-state index in [1.54, 1.807) is 13.1 Å². The van der Waals surface area contributed by atoms with Crippen LogP contribution < -0.4 is 20.3 Å². The van der Waals surface area contributed by atoms with E-state index in [0.29, 0.717) is 58.3 Å². The minimum Gasteiger partial charge on any atom is -0.508 e. The molecule has 2 aromatic heterocycles. The molecule has 4 aliphatic rings. The lowest BCUT2D eigenvalue weighted by Crippen LogP contribution is -2.62. The summed E-state index contributed by atoms with van der Waals surface area (Å²) >= 11 is 0. The second-order valence-corrected chi connectivity index (χ2v) is 24.1. The molecule has 4 atom stereocenters. The first-order valence-corrected chi connectivity index (χ1v) is 23.5. The van der Waals surface area contributed by atoms with Crippen molar-refractivity contribution in [3.63, 3.8) is 0 Å². The predicted molar refractivity (Wildman–Crippen MR) is 230 cm³/mol. The molecule has 11 nitrogen and oxygen atoms in total. The van der Waals surface area contributed by atoms with E-state index in [1.165, 1.54) is 24.4 Å². The zero-order chi connectivity index (χ0) is 42.7. The number of aromatic nitrogens is 3. The summed E-state index contributed by atoms with van der Waals surface area (Å²) in [4.78, 5) is 31.1. The van der Waals surface area contributed by atoms with Crippen LogP contribution in [0.4, 0.5) is 19.0 Å². The molecule has 3 fully saturated rings. The van der Waals surface area contributed by atoms with Crippen LogP contribution in [0.25, 0.3) is 32.9 Å². The molecule has 0 aliphatic carbocycles. The Morgan fingerprint density at radius 1 is 1.05 bits per heavy atom. The standard InChI is InChI=1S/C45H56F3N7O4Si/c1-26(2)60(27(3)4,28(5)6)15-12-33-36(47)9-8-29-16-32(56)17-34(38(29)33)40-39(48)41-35(19-49-40)42-52-43(51-41)59-25-45(18-30(46)20-54(45)7)22-50-37(57)11-14-58-24-44-13-10-31(53-44)21-55(42)23-44/h8-9,16-17,19,26-28,30-31,53,56H,10-11,13-14,18,20-25H2,1-7H3,(H,50,57)/t30-,31?,44?,45?/m1/s1. The monoisotopic (exact) mass is 843 g/mol. The minimum atomic E-state index is -2.32. The van der Waals surface area contributed by atoms with Crippen molar-refractivity contribution in [1.82, 2.24) is 30.5 Å². The van der Waals surface area contributed by atoms with Crippen LogP contribution in [-0.4, -0.2) is 115 Å². The van der Waals surface area contributed by atoms with Crippen molar-refractivity contribution >= 4 is 41.5 Å². The molecular weight excluding hydrogens is 788 g/mol. The van der Waals surface area contributed by atoms with Crippen molar-refractivity contribution in [2.75, 3.05) is 57.9 Å². The Kier molecular flexibility index (Phi) is 11.3. The Hall–Kier alpha value is -4.49. The second kappa shape index (κ2) is 16.1. The molecule has 3 N–H and O–H groups in total.